The molecule has 0 aromatic rings. The molecule has 0 unspecified atom stereocenters. The smallest absolute Gasteiger partial charge is 0.129 e. The topological polar surface area (TPSA) is 39.8 Å². The minimum Gasteiger partial charge on any atom is -0.227 e. The average Bonchev–Trinajstić information content (AvgIpc) is 1.25. The van der Waals surface area contributed by atoms with Crippen molar-refractivity contribution < 1.29 is 10.2 Å². The van der Waals surface area contributed by atoms with E-state index in [1.54, 1.807) is 0 Å². The Balaban J connectivity index is 4.02. The van der Waals surface area contributed by atoms with Crippen LogP contribution < -0.4 is 0 Å². The van der Waals surface area contributed by atoms with Gasteiger partial charge in [-0.3, -0.25) is 0 Å². The molecule has 0 aromatic heterocycles. The fourth-order valence-corrected chi connectivity index (χ4v) is 0. The summed E-state index contributed by atoms with van der Waals surface area (Å²) < 4.78 is 0. The molecule has 0 fully saturated rings. The van der Waals surface area contributed by atoms with E-state index < -0.39 is 11.2 Å². The molecule has 48 valence electrons. The van der Waals surface area contributed by atoms with Gasteiger partial charge >= 0.3 is 0 Å². The number of rotatable bonds is 1. The van der Waals surface area contributed by atoms with Gasteiger partial charge in [-0.2, -0.15) is 0 Å². The molecule has 0 spiro atoms. The molecule has 0 N–H and O–H groups in total. The predicted octanol–water partition coefficient (Wildman–Crippen LogP) is 1.40. The van der Waals surface area contributed by atoms with E-state index in [9.17, 15) is 10.2 Å². The lowest BCUT2D eigenvalue weighted by Gasteiger charge is -2.26. The lowest BCUT2D eigenvalue weighted by molar-refractivity contribution is -0.175. The maximum Gasteiger partial charge on any atom is 0.129 e. The highest BCUT2D eigenvalue weighted by molar-refractivity contribution is 4.83. The van der Waals surface area contributed by atoms with Crippen molar-refractivity contribution >= 4 is 0 Å². The highest BCUT2D eigenvalue weighted by Crippen LogP contribution is 2.20. The van der Waals surface area contributed by atoms with E-state index in [0.717, 1.165) is 0 Å². The zero-order chi connectivity index (χ0) is 7.00. The first kappa shape index (κ1) is 7.92. The van der Waals surface area contributed by atoms with Crippen LogP contribution in [0.15, 0.2) is 0 Å². The molecule has 0 rings (SSSR count). The van der Waals surface area contributed by atoms with Gasteiger partial charge in [0.05, 0.1) is 0 Å². The molecule has 0 bridgehead atoms. The quantitative estimate of drug-likeness (QED) is 0.497. The van der Waals surface area contributed by atoms with Crippen LogP contribution in [0.25, 0.3) is 0 Å². The first-order valence-electron chi connectivity index (χ1n) is 2.66. The summed E-state index contributed by atoms with van der Waals surface area (Å²) in [6.07, 6.45) is 0. The Morgan fingerprint density at radius 3 is 0.875 bits per heavy atom. The molecule has 0 aliphatic rings. The highest BCUT2D eigenvalue weighted by atomic mass is 16.3. The molecular formula is C6H12O2. The zero-order valence-corrected chi connectivity index (χ0v) is 5.82. The molecule has 0 aromatic carbocycles. The molecule has 0 heterocycles. The third kappa shape index (κ3) is 1.80. The van der Waals surface area contributed by atoms with Crippen LogP contribution in [0.1, 0.15) is 27.7 Å². The first-order chi connectivity index (χ1) is 3.25. The maximum atomic E-state index is 10.8. The van der Waals surface area contributed by atoms with Crippen LogP contribution in [-0.4, -0.2) is 11.2 Å². The van der Waals surface area contributed by atoms with Gasteiger partial charge in [-0.25, -0.2) is 10.2 Å². The summed E-state index contributed by atoms with van der Waals surface area (Å²) in [4.78, 5) is 0. The Kier molecular flexibility index (Phi) is 1.69. The summed E-state index contributed by atoms with van der Waals surface area (Å²) in [5.74, 6) is 0. The summed E-state index contributed by atoms with van der Waals surface area (Å²) in [6.45, 7) is 5.61. The number of hydrogen-bond acceptors (Lipinski definition) is 0. The third-order valence-corrected chi connectivity index (χ3v) is 1.45. The van der Waals surface area contributed by atoms with Gasteiger partial charge in [0.25, 0.3) is 0 Å². The van der Waals surface area contributed by atoms with Crippen molar-refractivity contribution in [3.8, 4) is 0 Å². The Morgan fingerprint density at radius 1 is 0.750 bits per heavy atom. The Labute approximate surface area is 50.2 Å². The van der Waals surface area contributed by atoms with Gasteiger partial charge in [-0.15, -0.1) is 0 Å². The zero-order valence-electron chi connectivity index (χ0n) is 5.82. The Bertz CT molecular complexity index is 61.5. The second kappa shape index (κ2) is 1.71. The molecule has 0 saturated heterocycles. The molecule has 2 nitrogen and oxygen atoms in total. The minimum atomic E-state index is -1.37. The van der Waals surface area contributed by atoms with Crippen molar-refractivity contribution in [1.29, 1.82) is 0 Å². The fraction of sp³-hybridized carbons (Fsp3) is 1.00. The molecule has 2 heteroatoms. The van der Waals surface area contributed by atoms with Crippen LogP contribution in [0.5, 0.6) is 0 Å². The third-order valence-electron chi connectivity index (χ3n) is 1.45. The van der Waals surface area contributed by atoms with E-state index in [1.165, 1.54) is 27.7 Å². The summed E-state index contributed by atoms with van der Waals surface area (Å²) in [6, 6.07) is 0. The van der Waals surface area contributed by atoms with Crippen LogP contribution in [0, 0.1) is 0 Å². The van der Waals surface area contributed by atoms with E-state index in [-0.39, 0.29) is 0 Å². The predicted molar refractivity (Wildman–Crippen MR) is 29.5 cm³/mol. The molecule has 8 heavy (non-hydrogen) atoms. The molecular weight excluding hydrogens is 104 g/mol. The second-order valence-corrected chi connectivity index (χ2v) is 3.02. The van der Waals surface area contributed by atoms with Crippen LogP contribution in [-0.2, 0) is 10.2 Å². The van der Waals surface area contributed by atoms with E-state index in [4.69, 9.17) is 0 Å². The van der Waals surface area contributed by atoms with Crippen molar-refractivity contribution in [2.24, 2.45) is 0 Å². The van der Waals surface area contributed by atoms with Crippen molar-refractivity contribution in [3.63, 3.8) is 0 Å². The lowest BCUT2D eigenvalue weighted by atomic mass is 9.90. The van der Waals surface area contributed by atoms with Crippen molar-refractivity contribution in [2.45, 2.75) is 38.9 Å². The van der Waals surface area contributed by atoms with E-state index >= 15 is 0 Å². The normalized spacial score (nSPS) is 14.2. The van der Waals surface area contributed by atoms with Gasteiger partial charge < -0.3 is 0 Å². The molecule has 0 amide bonds. The van der Waals surface area contributed by atoms with E-state index in [0.29, 0.717) is 0 Å². The summed E-state index contributed by atoms with van der Waals surface area (Å²) in [7, 11) is 0. The molecule has 2 radical (unpaired) electrons. The molecule has 0 aliphatic carbocycles. The van der Waals surface area contributed by atoms with Gasteiger partial charge in [0.15, 0.2) is 0 Å². The Morgan fingerprint density at radius 2 is 0.875 bits per heavy atom. The maximum absolute atomic E-state index is 10.8. The van der Waals surface area contributed by atoms with Gasteiger partial charge in [0, 0.05) is 0 Å². The van der Waals surface area contributed by atoms with Crippen LogP contribution >= 0.6 is 0 Å². The van der Waals surface area contributed by atoms with Gasteiger partial charge in [0.2, 0.25) is 0 Å². The molecule has 0 atom stereocenters. The van der Waals surface area contributed by atoms with Crippen LogP contribution in [0.4, 0.5) is 0 Å². The monoisotopic (exact) mass is 116 g/mol. The van der Waals surface area contributed by atoms with Gasteiger partial charge in [-0.05, 0) is 27.7 Å². The standard InChI is InChI=1S/C6H12O2/c1-5(2,7)6(3,4)8/h1-4H3. The molecule has 0 aliphatic heterocycles. The number of hydrogen-bond donors (Lipinski definition) is 0. The first-order valence-corrected chi connectivity index (χ1v) is 2.66. The fourth-order valence-electron chi connectivity index (χ4n) is 0. The average molecular weight is 116 g/mol. The van der Waals surface area contributed by atoms with E-state index in [1.807, 2.05) is 0 Å². The second-order valence-electron chi connectivity index (χ2n) is 3.02. The van der Waals surface area contributed by atoms with Crippen molar-refractivity contribution in [3.05, 3.63) is 0 Å². The summed E-state index contributed by atoms with van der Waals surface area (Å²) in [5, 5.41) is 21.6. The van der Waals surface area contributed by atoms with E-state index in [2.05, 4.69) is 0 Å². The van der Waals surface area contributed by atoms with Crippen molar-refractivity contribution in [2.75, 3.05) is 0 Å². The molecule has 0 saturated carbocycles. The van der Waals surface area contributed by atoms with Gasteiger partial charge in [0.1, 0.15) is 11.2 Å². The largest absolute Gasteiger partial charge is 0.227 e. The Hall–Kier alpha value is -0.0800. The lowest BCUT2D eigenvalue weighted by Crippen LogP contribution is -2.42. The van der Waals surface area contributed by atoms with Crippen LogP contribution in [0.3, 0.4) is 0 Å². The highest BCUT2D eigenvalue weighted by Gasteiger charge is 2.36. The van der Waals surface area contributed by atoms with Crippen LogP contribution in [0.2, 0.25) is 0 Å². The minimum absolute atomic E-state index is 1.37. The summed E-state index contributed by atoms with van der Waals surface area (Å²) in [5.41, 5.74) is -2.74. The summed E-state index contributed by atoms with van der Waals surface area (Å²) >= 11 is 0. The van der Waals surface area contributed by atoms with Crippen molar-refractivity contribution in [1.82, 2.24) is 0 Å². The SMILES string of the molecule is CC(C)([O])C(C)(C)[O]. The van der Waals surface area contributed by atoms with Gasteiger partial charge in [-0.1, -0.05) is 0 Å².